The molecule has 0 atom stereocenters. The van der Waals surface area contributed by atoms with Crippen LogP contribution < -0.4 is 0 Å². The Labute approximate surface area is 127 Å². The van der Waals surface area contributed by atoms with Gasteiger partial charge in [-0.1, -0.05) is 0 Å². The molecule has 5 nitrogen and oxygen atoms in total. The topological polar surface area (TPSA) is 55.8 Å². The molecule has 2 fully saturated rings. The first kappa shape index (κ1) is 16.3. The highest BCUT2D eigenvalue weighted by atomic mass is 16.6. The van der Waals surface area contributed by atoms with Crippen molar-refractivity contribution in [2.45, 2.75) is 70.4 Å². The van der Waals surface area contributed by atoms with E-state index in [1.165, 1.54) is 4.90 Å². The largest absolute Gasteiger partial charge is 0.443 e. The summed E-state index contributed by atoms with van der Waals surface area (Å²) in [5.41, 5.74) is -0.891. The zero-order valence-corrected chi connectivity index (χ0v) is 13.6. The van der Waals surface area contributed by atoms with E-state index in [1.54, 1.807) is 7.11 Å². The lowest BCUT2D eigenvalue weighted by molar-refractivity contribution is -0.131. The quantitative estimate of drug-likeness (QED) is 0.786. The summed E-state index contributed by atoms with van der Waals surface area (Å²) in [5, 5.41) is 0. The van der Waals surface area contributed by atoms with E-state index in [1.807, 2.05) is 20.8 Å². The minimum absolute atomic E-state index is 0.0885. The van der Waals surface area contributed by atoms with Crippen molar-refractivity contribution in [2.24, 2.45) is 5.92 Å². The van der Waals surface area contributed by atoms with E-state index in [2.05, 4.69) is 0 Å². The van der Waals surface area contributed by atoms with E-state index in [0.29, 0.717) is 12.3 Å². The van der Waals surface area contributed by atoms with E-state index in [4.69, 9.17) is 9.47 Å². The van der Waals surface area contributed by atoms with Gasteiger partial charge in [0.15, 0.2) is 0 Å². The van der Waals surface area contributed by atoms with Gasteiger partial charge in [-0.25, -0.2) is 9.69 Å². The van der Waals surface area contributed by atoms with Crippen molar-refractivity contribution in [1.82, 2.24) is 4.90 Å². The molecule has 1 aliphatic carbocycles. The molecule has 2 amide bonds. The number of nitrogens with zero attached hydrogens (tertiary/aromatic N) is 1. The average Bonchev–Trinajstić information content (AvgIpc) is 2.68. The van der Waals surface area contributed by atoms with Gasteiger partial charge in [0.1, 0.15) is 5.60 Å². The minimum Gasteiger partial charge on any atom is -0.443 e. The van der Waals surface area contributed by atoms with Crippen molar-refractivity contribution in [1.29, 1.82) is 0 Å². The summed E-state index contributed by atoms with van der Waals surface area (Å²) in [6.45, 7) is 6.24. The van der Waals surface area contributed by atoms with Crippen LogP contribution in [0.5, 0.6) is 0 Å². The lowest BCUT2D eigenvalue weighted by Crippen LogP contribution is -2.52. The van der Waals surface area contributed by atoms with E-state index < -0.39 is 11.7 Å². The Balaban J connectivity index is 2.08. The molecule has 21 heavy (non-hydrogen) atoms. The highest BCUT2D eigenvalue weighted by Gasteiger charge is 2.51. The highest BCUT2D eigenvalue weighted by molar-refractivity contribution is 5.95. The Hall–Kier alpha value is -1.10. The summed E-state index contributed by atoms with van der Waals surface area (Å²) >= 11 is 0. The van der Waals surface area contributed by atoms with E-state index >= 15 is 0 Å². The molecule has 0 aromatic rings. The summed E-state index contributed by atoms with van der Waals surface area (Å²) in [6, 6.07) is 0. The van der Waals surface area contributed by atoms with Crippen LogP contribution in [0.1, 0.15) is 59.3 Å². The maximum atomic E-state index is 12.4. The average molecular weight is 297 g/mol. The first-order chi connectivity index (χ1) is 9.77. The van der Waals surface area contributed by atoms with Gasteiger partial charge in [0, 0.05) is 20.1 Å². The molecule has 120 valence electrons. The fraction of sp³-hybridized carbons (Fsp3) is 0.875. The van der Waals surface area contributed by atoms with Gasteiger partial charge >= 0.3 is 6.09 Å². The maximum absolute atomic E-state index is 12.4. The van der Waals surface area contributed by atoms with Crippen LogP contribution in [0.25, 0.3) is 0 Å². The van der Waals surface area contributed by atoms with E-state index in [9.17, 15) is 9.59 Å². The summed E-state index contributed by atoms with van der Waals surface area (Å²) in [7, 11) is 1.72. The van der Waals surface area contributed by atoms with Gasteiger partial charge in [0.25, 0.3) is 0 Å². The molecule has 1 saturated carbocycles. The number of carbonyl (C=O) groups is 2. The second-order valence-corrected chi connectivity index (χ2v) is 7.33. The fourth-order valence-electron chi connectivity index (χ4n) is 3.52. The number of carbonyl (C=O) groups excluding carboxylic acids is 2. The van der Waals surface area contributed by atoms with Crippen LogP contribution in [0.2, 0.25) is 0 Å². The lowest BCUT2D eigenvalue weighted by atomic mass is 9.75. The molecule has 0 aromatic heterocycles. The number of amides is 2. The van der Waals surface area contributed by atoms with Gasteiger partial charge in [0.2, 0.25) is 5.91 Å². The van der Waals surface area contributed by atoms with Crippen LogP contribution in [0.15, 0.2) is 0 Å². The molecule has 1 heterocycles. The second-order valence-electron chi connectivity index (χ2n) is 7.33. The van der Waals surface area contributed by atoms with E-state index in [0.717, 1.165) is 38.7 Å². The van der Waals surface area contributed by atoms with Gasteiger partial charge in [0.05, 0.1) is 5.54 Å². The number of hydrogen-bond acceptors (Lipinski definition) is 4. The zero-order valence-electron chi connectivity index (χ0n) is 13.6. The van der Waals surface area contributed by atoms with Crippen molar-refractivity contribution in [2.75, 3.05) is 13.7 Å². The normalized spacial score (nSPS) is 30.0. The molecular weight excluding hydrogens is 270 g/mol. The zero-order chi connectivity index (χ0) is 15.7. The molecule has 0 unspecified atom stereocenters. The molecule has 0 aromatic carbocycles. The highest BCUT2D eigenvalue weighted by Crippen LogP contribution is 2.44. The van der Waals surface area contributed by atoms with Crippen LogP contribution in [0.4, 0.5) is 4.79 Å². The Kier molecular flexibility index (Phi) is 4.61. The number of imide groups is 1. The lowest BCUT2D eigenvalue weighted by Gasteiger charge is -2.42. The van der Waals surface area contributed by atoms with Crippen molar-refractivity contribution >= 4 is 12.0 Å². The van der Waals surface area contributed by atoms with Crippen molar-refractivity contribution < 1.29 is 19.1 Å². The Morgan fingerprint density at radius 2 is 1.90 bits per heavy atom. The van der Waals surface area contributed by atoms with Crippen molar-refractivity contribution in [3.8, 4) is 0 Å². The first-order valence-corrected chi connectivity index (χ1v) is 7.82. The third-order valence-corrected chi connectivity index (χ3v) is 4.54. The minimum atomic E-state index is -0.575. The van der Waals surface area contributed by atoms with Gasteiger partial charge in [-0.2, -0.15) is 0 Å². The van der Waals surface area contributed by atoms with Crippen LogP contribution in [-0.4, -0.2) is 41.8 Å². The summed E-state index contributed by atoms with van der Waals surface area (Å²) in [5.74, 6) is 0.450. The van der Waals surface area contributed by atoms with E-state index in [-0.39, 0.29) is 11.4 Å². The molecule has 0 radical (unpaired) electrons. The monoisotopic (exact) mass is 297 g/mol. The molecular formula is C16H27NO4. The molecule has 1 aliphatic heterocycles. The van der Waals surface area contributed by atoms with Crippen LogP contribution >= 0.6 is 0 Å². The molecule has 5 heteroatoms. The number of rotatable bonds is 2. The van der Waals surface area contributed by atoms with Gasteiger partial charge in [-0.3, -0.25) is 4.79 Å². The second kappa shape index (κ2) is 5.95. The molecule has 1 saturated heterocycles. The third kappa shape index (κ3) is 3.57. The summed E-state index contributed by atoms with van der Waals surface area (Å²) in [6.07, 6.45) is 4.48. The smallest absolute Gasteiger partial charge is 0.417 e. The molecule has 1 spiro atoms. The maximum Gasteiger partial charge on any atom is 0.417 e. The van der Waals surface area contributed by atoms with Crippen LogP contribution in [0.3, 0.4) is 0 Å². The number of hydrogen-bond donors (Lipinski definition) is 0. The standard InChI is InChI=1S/C16H27NO4/c1-15(2,3)21-14(19)17-13(18)7-10-16(17)8-5-12(6-9-16)11-20-4/h12H,5-11H2,1-4H3. The van der Waals surface area contributed by atoms with Gasteiger partial charge in [-0.05, 0) is 58.8 Å². The number of methoxy groups -OCH3 is 1. The van der Waals surface area contributed by atoms with Crippen LogP contribution in [0, 0.1) is 5.92 Å². The summed E-state index contributed by atoms with van der Waals surface area (Å²) in [4.78, 5) is 26.0. The summed E-state index contributed by atoms with van der Waals surface area (Å²) < 4.78 is 10.7. The van der Waals surface area contributed by atoms with Crippen molar-refractivity contribution in [3.05, 3.63) is 0 Å². The van der Waals surface area contributed by atoms with Gasteiger partial charge < -0.3 is 9.47 Å². The predicted molar refractivity (Wildman–Crippen MR) is 78.9 cm³/mol. The molecule has 0 N–H and O–H groups in total. The Bertz CT molecular complexity index is 405. The Morgan fingerprint density at radius 1 is 1.29 bits per heavy atom. The first-order valence-electron chi connectivity index (χ1n) is 7.82. The molecule has 0 bridgehead atoms. The molecule has 2 rings (SSSR count). The molecule has 2 aliphatic rings. The van der Waals surface area contributed by atoms with Gasteiger partial charge in [-0.15, -0.1) is 0 Å². The third-order valence-electron chi connectivity index (χ3n) is 4.54. The van der Waals surface area contributed by atoms with Crippen molar-refractivity contribution in [3.63, 3.8) is 0 Å². The predicted octanol–water partition coefficient (Wildman–Crippen LogP) is 3.12. The van der Waals surface area contributed by atoms with Crippen LogP contribution in [-0.2, 0) is 14.3 Å². The SMILES string of the molecule is COCC1CCC2(CCC(=O)N2C(=O)OC(C)(C)C)CC1. The number of ether oxygens (including phenoxy) is 2. The Morgan fingerprint density at radius 3 is 2.43 bits per heavy atom. The number of likely N-dealkylation sites (tertiary alicyclic amines) is 1. The fourth-order valence-corrected chi connectivity index (χ4v) is 3.52.